The first-order chi connectivity index (χ1) is 12.9. The molecule has 5 heteroatoms. The van der Waals surface area contributed by atoms with E-state index >= 15 is 0 Å². The summed E-state index contributed by atoms with van der Waals surface area (Å²) in [4.78, 5) is 13.0. The van der Waals surface area contributed by atoms with E-state index in [0.717, 1.165) is 31.2 Å². The molecule has 1 N–H and O–H groups in total. The number of rotatable bonds is 8. The maximum Gasteiger partial charge on any atom is 0.281 e. The smallest absolute Gasteiger partial charge is 0.281 e. The summed E-state index contributed by atoms with van der Waals surface area (Å²) in [5.41, 5.74) is 3.22. The van der Waals surface area contributed by atoms with Crippen LogP contribution in [0, 0.1) is 26.7 Å². The fraction of sp³-hybridized carbons (Fsp3) is 0.500. The van der Waals surface area contributed by atoms with E-state index in [4.69, 9.17) is 0 Å². The van der Waals surface area contributed by atoms with Gasteiger partial charge < -0.3 is 5.11 Å². The Morgan fingerprint density at radius 3 is 2.30 bits per heavy atom. The highest BCUT2D eigenvalue weighted by Crippen LogP contribution is 2.28. The Morgan fingerprint density at radius 1 is 1.04 bits per heavy atom. The quantitative estimate of drug-likeness (QED) is 0.570. The second-order valence-corrected chi connectivity index (χ2v) is 7.29. The van der Waals surface area contributed by atoms with Gasteiger partial charge in [-0.2, -0.15) is 5.11 Å². The Hall–Kier alpha value is -2.43. The van der Waals surface area contributed by atoms with Crippen molar-refractivity contribution in [2.75, 3.05) is 0 Å². The molecule has 0 aliphatic heterocycles. The minimum absolute atomic E-state index is 0.0433. The van der Waals surface area contributed by atoms with Gasteiger partial charge in [0, 0.05) is 12.1 Å². The van der Waals surface area contributed by atoms with E-state index in [9.17, 15) is 9.90 Å². The fourth-order valence-electron chi connectivity index (χ4n) is 3.11. The fourth-order valence-corrected chi connectivity index (χ4v) is 3.11. The van der Waals surface area contributed by atoms with Crippen molar-refractivity contribution < 1.29 is 5.11 Å². The zero-order valence-corrected chi connectivity index (χ0v) is 17.1. The lowest BCUT2D eigenvalue weighted by atomic mass is 9.99. The number of hydrogen-bond donors (Lipinski definition) is 1. The standard InChI is InChI=1S/C22H31N3O2/c1-6-8-9-18(7-2)14-25-21(26)17(5)16(4)20(22(25)27)24-23-19-12-10-15(3)11-13-19/h10-13,18,26H,6-9,14H2,1-5H3. The summed E-state index contributed by atoms with van der Waals surface area (Å²) in [6.45, 7) is 10.4. The second-order valence-electron chi connectivity index (χ2n) is 7.29. The van der Waals surface area contributed by atoms with E-state index in [1.54, 1.807) is 6.92 Å². The lowest BCUT2D eigenvalue weighted by Crippen LogP contribution is -2.25. The van der Waals surface area contributed by atoms with Crippen LogP contribution in [0.4, 0.5) is 11.4 Å². The van der Waals surface area contributed by atoms with E-state index < -0.39 is 0 Å². The molecule has 0 spiro atoms. The molecule has 1 heterocycles. The summed E-state index contributed by atoms with van der Waals surface area (Å²) >= 11 is 0. The van der Waals surface area contributed by atoms with Gasteiger partial charge in [-0.3, -0.25) is 9.36 Å². The number of pyridine rings is 1. The summed E-state index contributed by atoms with van der Waals surface area (Å²) < 4.78 is 1.47. The predicted octanol–water partition coefficient (Wildman–Crippen LogP) is 6.11. The van der Waals surface area contributed by atoms with Gasteiger partial charge in [0.2, 0.25) is 0 Å². The number of aromatic hydroxyl groups is 1. The van der Waals surface area contributed by atoms with Gasteiger partial charge in [0.05, 0.1) is 5.69 Å². The summed E-state index contributed by atoms with van der Waals surface area (Å²) in [5.74, 6) is 0.402. The van der Waals surface area contributed by atoms with Crippen LogP contribution < -0.4 is 5.56 Å². The summed E-state index contributed by atoms with van der Waals surface area (Å²) in [6, 6.07) is 7.66. The molecule has 27 heavy (non-hydrogen) atoms. The molecule has 0 saturated carbocycles. The monoisotopic (exact) mass is 369 g/mol. The third-order valence-corrected chi connectivity index (χ3v) is 5.24. The maximum absolute atomic E-state index is 13.0. The molecular weight excluding hydrogens is 338 g/mol. The van der Waals surface area contributed by atoms with E-state index in [1.807, 2.05) is 38.1 Å². The average Bonchev–Trinajstić information content (AvgIpc) is 2.67. The van der Waals surface area contributed by atoms with Crippen molar-refractivity contribution in [3.05, 3.63) is 51.3 Å². The zero-order chi connectivity index (χ0) is 20.0. The summed E-state index contributed by atoms with van der Waals surface area (Å²) in [6.07, 6.45) is 4.27. The van der Waals surface area contributed by atoms with Crippen LogP contribution in [0.15, 0.2) is 39.3 Å². The Bertz CT molecular complexity index is 851. The van der Waals surface area contributed by atoms with Crippen LogP contribution in [-0.2, 0) is 6.54 Å². The van der Waals surface area contributed by atoms with Crippen LogP contribution in [0.5, 0.6) is 5.88 Å². The molecule has 0 fully saturated rings. The first-order valence-electron chi connectivity index (χ1n) is 9.80. The molecule has 2 aromatic rings. The Labute approximate surface area is 161 Å². The van der Waals surface area contributed by atoms with Crippen molar-refractivity contribution in [3.63, 3.8) is 0 Å². The van der Waals surface area contributed by atoms with E-state index in [0.29, 0.717) is 35.0 Å². The van der Waals surface area contributed by atoms with Gasteiger partial charge >= 0.3 is 0 Å². The third-order valence-electron chi connectivity index (χ3n) is 5.24. The average molecular weight is 370 g/mol. The molecule has 0 radical (unpaired) electrons. The number of aryl methyl sites for hydroxylation is 1. The summed E-state index contributed by atoms with van der Waals surface area (Å²) in [7, 11) is 0. The van der Waals surface area contributed by atoms with Crippen LogP contribution in [0.1, 0.15) is 56.2 Å². The number of benzene rings is 1. The lowest BCUT2D eigenvalue weighted by Gasteiger charge is -2.19. The van der Waals surface area contributed by atoms with Crippen LogP contribution in [0.3, 0.4) is 0 Å². The van der Waals surface area contributed by atoms with Gasteiger partial charge in [0.1, 0.15) is 0 Å². The molecule has 5 nitrogen and oxygen atoms in total. The number of unbranched alkanes of at least 4 members (excludes halogenated alkanes) is 1. The molecule has 1 aromatic heterocycles. The first-order valence-corrected chi connectivity index (χ1v) is 9.80. The molecule has 0 bridgehead atoms. The van der Waals surface area contributed by atoms with Gasteiger partial charge in [0.25, 0.3) is 5.56 Å². The maximum atomic E-state index is 13.0. The molecular formula is C22H31N3O2. The van der Waals surface area contributed by atoms with Crippen molar-refractivity contribution >= 4 is 11.4 Å². The highest BCUT2D eigenvalue weighted by molar-refractivity contribution is 5.51. The molecule has 1 atom stereocenters. The molecule has 0 saturated heterocycles. The van der Waals surface area contributed by atoms with Crippen LogP contribution >= 0.6 is 0 Å². The van der Waals surface area contributed by atoms with Gasteiger partial charge in [-0.05, 0) is 50.8 Å². The number of nitrogens with zero attached hydrogens (tertiary/aromatic N) is 3. The molecule has 0 amide bonds. The minimum atomic E-state index is -0.276. The van der Waals surface area contributed by atoms with E-state index in [-0.39, 0.29) is 11.4 Å². The van der Waals surface area contributed by atoms with Crippen molar-refractivity contribution in [2.45, 2.75) is 66.8 Å². The van der Waals surface area contributed by atoms with Crippen molar-refractivity contribution in [1.29, 1.82) is 0 Å². The third kappa shape index (κ3) is 5.06. The molecule has 0 aliphatic rings. The van der Waals surface area contributed by atoms with Crippen molar-refractivity contribution in [2.24, 2.45) is 16.1 Å². The zero-order valence-electron chi connectivity index (χ0n) is 17.1. The van der Waals surface area contributed by atoms with Crippen LogP contribution in [0.25, 0.3) is 0 Å². The molecule has 1 aromatic carbocycles. The first kappa shape index (κ1) is 20.9. The number of aromatic nitrogens is 1. The highest BCUT2D eigenvalue weighted by Gasteiger charge is 2.19. The Balaban J connectivity index is 2.42. The van der Waals surface area contributed by atoms with Crippen LogP contribution in [-0.4, -0.2) is 9.67 Å². The Morgan fingerprint density at radius 2 is 1.70 bits per heavy atom. The second kappa shape index (κ2) is 9.49. The van der Waals surface area contributed by atoms with Gasteiger partial charge in [-0.25, -0.2) is 0 Å². The lowest BCUT2D eigenvalue weighted by molar-refractivity contribution is 0.338. The van der Waals surface area contributed by atoms with Crippen molar-refractivity contribution in [1.82, 2.24) is 4.57 Å². The van der Waals surface area contributed by atoms with Crippen molar-refractivity contribution in [3.8, 4) is 5.88 Å². The molecule has 2 rings (SSSR count). The van der Waals surface area contributed by atoms with Gasteiger partial charge in [-0.1, -0.05) is 50.8 Å². The van der Waals surface area contributed by atoms with E-state index in [1.165, 1.54) is 4.57 Å². The number of azo groups is 1. The topological polar surface area (TPSA) is 66.9 Å². The SMILES string of the molecule is CCCCC(CC)Cn1c(O)c(C)c(C)c(N=Nc2ccc(C)cc2)c1=O. The molecule has 146 valence electrons. The van der Waals surface area contributed by atoms with Gasteiger partial charge in [-0.15, -0.1) is 5.11 Å². The minimum Gasteiger partial charge on any atom is -0.494 e. The van der Waals surface area contributed by atoms with Crippen LogP contribution in [0.2, 0.25) is 0 Å². The Kier molecular flexibility index (Phi) is 7.34. The number of hydrogen-bond acceptors (Lipinski definition) is 4. The predicted molar refractivity (Wildman–Crippen MR) is 111 cm³/mol. The van der Waals surface area contributed by atoms with E-state index in [2.05, 4.69) is 24.1 Å². The largest absolute Gasteiger partial charge is 0.494 e. The van der Waals surface area contributed by atoms with Gasteiger partial charge in [0.15, 0.2) is 11.6 Å². The molecule has 0 aliphatic carbocycles. The normalized spacial score (nSPS) is 12.6. The molecule has 1 unspecified atom stereocenters. The summed E-state index contributed by atoms with van der Waals surface area (Å²) in [5, 5.41) is 19.0. The highest BCUT2D eigenvalue weighted by atomic mass is 16.3.